The highest BCUT2D eigenvalue weighted by Crippen LogP contribution is 2.48. The van der Waals surface area contributed by atoms with Crippen LogP contribution in [0.4, 0.5) is 10.6 Å². The molecule has 25 heavy (non-hydrogen) atoms. The van der Waals surface area contributed by atoms with Crippen LogP contribution >= 0.6 is 0 Å². The van der Waals surface area contributed by atoms with Crippen LogP contribution in [-0.2, 0) is 9.53 Å². The third kappa shape index (κ3) is 3.29. The average molecular weight is 345 g/mol. The molecule has 0 bridgehead atoms. The lowest BCUT2D eigenvalue weighted by Crippen LogP contribution is -2.59. The van der Waals surface area contributed by atoms with E-state index >= 15 is 0 Å². The van der Waals surface area contributed by atoms with Gasteiger partial charge in [-0.3, -0.25) is 10.1 Å². The predicted molar refractivity (Wildman–Crippen MR) is 92.2 cm³/mol. The number of anilines is 1. The van der Waals surface area contributed by atoms with Gasteiger partial charge in [0, 0.05) is 24.7 Å². The summed E-state index contributed by atoms with van der Waals surface area (Å²) in [5.74, 6) is 0.541. The number of carbonyl (C=O) groups is 2. The molecule has 0 unspecified atom stereocenters. The number of rotatable bonds is 4. The molecule has 1 aliphatic rings. The molecule has 1 aliphatic carbocycles. The van der Waals surface area contributed by atoms with E-state index in [-0.39, 0.29) is 29.4 Å². The van der Waals surface area contributed by atoms with Crippen LogP contribution in [0.15, 0.2) is 18.3 Å². The van der Waals surface area contributed by atoms with Gasteiger partial charge in [-0.05, 0) is 30.7 Å². The van der Waals surface area contributed by atoms with E-state index in [1.54, 1.807) is 16.8 Å². The van der Waals surface area contributed by atoms with Crippen LogP contribution in [0.2, 0.25) is 0 Å². The minimum atomic E-state index is -0.296. The molecular formula is C17H23N5O3. The molecule has 2 aromatic heterocycles. The quantitative estimate of drug-likeness (QED) is 0.827. The topological polar surface area (TPSA) is 97.6 Å². The monoisotopic (exact) mass is 345 g/mol. The maximum absolute atomic E-state index is 12.4. The number of methoxy groups -OCH3 is 1. The molecule has 134 valence electrons. The van der Waals surface area contributed by atoms with Crippen molar-refractivity contribution in [1.82, 2.24) is 19.9 Å². The maximum Gasteiger partial charge on any atom is 0.320 e. The highest BCUT2D eigenvalue weighted by atomic mass is 16.5. The van der Waals surface area contributed by atoms with Gasteiger partial charge in [0.1, 0.15) is 5.82 Å². The molecule has 0 radical (unpaired) electrons. The number of aryl methyl sites for hydroxylation is 1. The third-order valence-corrected chi connectivity index (χ3v) is 5.14. The van der Waals surface area contributed by atoms with Crippen LogP contribution in [0.25, 0.3) is 5.65 Å². The Bertz CT molecular complexity index is 814. The number of nitrogens with zero attached hydrogens (tertiary/aromatic N) is 3. The Morgan fingerprint density at radius 1 is 1.44 bits per heavy atom. The van der Waals surface area contributed by atoms with Gasteiger partial charge in [-0.2, -0.15) is 9.61 Å². The second-order valence-electron chi connectivity index (χ2n) is 7.07. The van der Waals surface area contributed by atoms with E-state index in [4.69, 9.17) is 4.74 Å². The van der Waals surface area contributed by atoms with E-state index in [1.807, 2.05) is 13.0 Å². The van der Waals surface area contributed by atoms with E-state index < -0.39 is 0 Å². The summed E-state index contributed by atoms with van der Waals surface area (Å²) in [4.78, 5) is 28.0. The summed E-state index contributed by atoms with van der Waals surface area (Å²) in [6.07, 6.45) is 2.76. The van der Waals surface area contributed by atoms with Crippen LogP contribution < -0.4 is 10.6 Å². The summed E-state index contributed by atoms with van der Waals surface area (Å²) in [6, 6.07) is 3.25. The normalized spacial score (nSPS) is 21.4. The molecule has 0 aliphatic heterocycles. The van der Waals surface area contributed by atoms with Gasteiger partial charge in [0.2, 0.25) is 0 Å². The molecule has 3 rings (SSSR count). The van der Waals surface area contributed by atoms with Crippen molar-refractivity contribution in [1.29, 1.82) is 0 Å². The number of aromatic nitrogens is 3. The van der Waals surface area contributed by atoms with Gasteiger partial charge in [-0.1, -0.05) is 13.8 Å². The summed E-state index contributed by atoms with van der Waals surface area (Å²) in [7, 11) is 1.39. The maximum atomic E-state index is 12.4. The molecule has 2 N–H and O–H groups in total. The fourth-order valence-corrected chi connectivity index (χ4v) is 3.31. The van der Waals surface area contributed by atoms with Crippen molar-refractivity contribution in [3.8, 4) is 0 Å². The zero-order valence-electron chi connectivity index (χ0n) is 14.9. The van der Waals surface area contributed by atoms with Gasteiger partial charge in [0.05, 0.1) is 12.8 Å². The van der Waals surface area contributed by atoms with Crippen LogP contribution in [0.5, 0.6) is 0 Å². The van der Waals surface area contributed by atoms with E-state index in [0.29, 0.717) is 17.9 Å². The zero-order valence-corrected chi connectivity index (χ0v) is 14.9. The van der Waals surface area contributed by atoms with Gasteiger partial charge in [0.25, 0.3) is 0 Å². The number of hydrogen-bond donors (Lipinski definition) is 2. The van der Waals surface area contributed by atoms with E-state index in [1.165, 1.54) is 7.11 Å². The first-order valence-corrected chi connectivity index (χ1v) is 8.27. The number of fused-ring (bicyclic) bond motifs is 1. The molecule has 2 aromatic rings. The molecule has 1 fully saturated rings. The molecule has 2 amide bonds. The minimum Gasteiger partial charge on any atom is -0.469 e. The summed E-state index contributed by atoms with van der Waals surface area (Å²) >= 11 is 0. The predicted octanol–water partition coefficient (Wildman–Crippen LogP) is 2.14. The number of amides is 2. The number of nitrogens with one attached hydrogen (secondary N) is 2. The van der Waals surface area contributed by atoms with Crippen LogP contribution in [0.1, 0.15) is 32.4 Å². The minimum absolute atomic E-state index is 0.00107. The molecule has 0 saturated heterocycles. The smallest absolute Gasteiger partial charge is 0.320 e. The molecule has 1 saturated carbocycles. The first kappa shape index (κ1) is 17.2. The molecule has 8 nitrogen and oxygen atoms in total. The molecule has 2 atom stereocenters. The van der Waals surface area contributed by atoms with Gasteiger partial charge in [0.15, 0.2) is 5.65 Å². The fourth-order valence-electron chi connectivity index (χ4n) is 3.31. The van der Waals surface area contributed by atoms with Crippen molar-refractivity contribution in [2.75, 3.05) is 12.4 Å². The first-order chi connectivity index (χ1) is 11.8. The lowest BCUT2D eigenvalue weighted by molar-refractivity contribution is -0.145. The number of hydrogen-bond acceptors (Lipinski definition) is 5. The SMILES string of the molecule is COC(=O)C[C@@H]1C[C@H](NC(=O)Nc2ccnc3cc(C)nn23)C1(C)C. The lowest BCUT2D eigenvalue weighted by Gasteiger charge is -2.52. The Labute approximate surface area is 146 Å². The van der Waals surface area contributed by atoms with Gasteiger partial charge in [-0.15, -0.1) is 0 Å². The van der Waals surface area contributed by atoms with Crippen LogP contribution in [0, 0.1) is 18.3 Å². The average Bonchev–Trinajstić information content (AvgIpc) is 2.95. The van der Waals surface area contributed by atoms with E-state index in [2.05, 4.69) is 34.6 Å². The Kier molecular flexibility index (Phi) is 4.36. The van der Waals surface area contributed by atoms with Crippen LogP contribution in [0.3, 0.4) is 0 Å². The van der Waals surface area contributed by atoms with E-state index in [9.17, 15) is 9.59 Å². The Balaban J connectivity index is 1.62. The summed E-state index contributed by atoms with van der Waals surface area (Å²) in [5.41, 5.74) is 1.34. The van der Waals surface area contributed by atoms with Gasteiger partial charge >= 0.3 is 12.0 Å². The summed E-state index contributed by atoms with van der Waals surface area (Å²) in [6.45, 7) is 5.98. The second-order valence-corrected chi connectivity index (χ2v) is 7.07. The van der Waals surface area contributed by atoms with Crippen LogP contribution in [-0.4, -0.2) is 39.8 Å². The number of ether oxygens (including phenoxy) is 1. The van der Waals surface area contributed by atoms with Crippen molar-refractivity contribution < 1.29 is 14.3 Å². The summed E-state index contributed by atoms with van der Waals surface area (Å²) in [5, 5.41) is 10.1. The second kappa shape index (κ2) is 6.34. The van der Waals surface area contributed by atoms with Crippen molar-refractivity contribution >= 4 is 23.5 Å². The third-order valence-electron chi connectivity index (χ3n) is 5.14. The number of carbonyl (C=O) groups excluding carboxylic acids is 2. The van der Waals surface area contributed by atoms with Gasteiger partial charge < -0.3 is 10.1 Å². The Morgan fingerprint density at radius 3 is 2.88 bits per heavy atom. The van der Waals surface area contributed by atoms with Crippen molar-refractivity contribution in [2.24, 2.45) is 11.3 Å². The number of esters is 1. The highest BCUT2D eigenvalue weighted by molar-refractivity contribution is 5.89. The fraction of sp³-hybridized carbons (Fsp3) is 0.529. The van der Waals surface area contributed by atoms with Crippen molar-refractivity contribution in [2.45, 2.75) is 39.7 Å². The largest absolute Gasteiger partial charge is 0.469 e. The van der Waals surface area contributed by atoms with E-state index in [0.717, 1.165) is 12.1 Å². The first-order valence-electron chi connectivity index (χ1n) is 8.27. The highest BCUT2D eigenvalue weighted by Gasteiger charge is 2.49. The molecular weight excluding hydrogens is 322 g/mol. The van der Waals surface area contributed by atoms with Crippen molar-refractivity contribution in [3.05, 3.63) is 24.0 Å². The lowest BCUT2D eigenvalue weighted by atomic mass is 9.57. The van der Waals surface area contributed by atoms with Crippen molar-refractivity contribution in [3.63, 3.8) is 0 Å². The number of urea groups is 1. The standard InChI is InChI=1S/C17H23N5O3/c1-10-7-14-18-6-5-13(22(14)21-10)20-16(24)19-12-8-11(17(12,2)3)9-15(23)25-4/h5-7,11-12H,8-9H2,1-4H3,(H2,19,20,24)/t11-,12-/m0/s1. The summed E-state index contributed by atoms with van der Waals surface area (Å²) < 4.78 is 6.33. The molecule has 8 heteroatoms. The Hall–Kier alpha value is -2.64. The zero-order chi connectivity index (χ0) is 18.2. The molecule has 0 spiro atoms. The van der Waals surface area contributed by atoms with Gasteiger partial charge in [-0.25, -0.2) is 9.78 Å². The molecule has 2 heterocycles. The molecule has 0 aromatic carbocycles. The Morgan fingerprint density at radius 2 is 2.20 bits per heavy atom.